The van der Waals surface area contributed by atoms with Gasteiger partial charge in [0.05, 0.1) is 10.7 Å². The molecule has 0 aromatic heterocycles. The molecule has 0 saturated heterocycles. The first kappa shape index (κ1) is 15.0. The van der Waals surface area contributed by atoms with Gasteiger partial charge in [-0.3, -0.25) is 0 Å². The predicted octanol–water partition coefficient (Wildman–Crippen LogP) is 4.67. The molecule has 4 heteroatoms. The summed E-state index contributed by atoms with van der Waals surface area (Å²) < 4.78 is 0. The Balaban J connectivity index is 1.76. The number of anilines is 1. The van der Waals surface area contributed by atoms with Crippen LogP contribution in [0.3, 0.4) is 0 Å². The van der Waals surface area contributed by atoms with E-state index < -0.39 is 0 Å². The maximum absolute atomic E-state index is 6.13. The van der Waals surface area contributed by atoms with Crippen LogP contribution in [0.4, 0.5) is 5.69 Å². The zero-order valence-electron chi connectivity index (χ0n) is 11.5. The monoisotopic (exact) mass is 300 g/mol. The summed E-state index contributed by atoms with van der Waals surface area (Å²) in [6.07, 6.45) is 6.86. The molecule has 1 fully saturated rings. The van der Waals surface area contributed by atoms with Crippen molar-refractivity contribution in [3.63, 3.8) is 0 Å². The third kappa shape index (κ3) is 4.55. The molecule has 0 bridgehead atoms. The number of nitrogens with one attached hydrogen (secondary N) is 1. The highest BCUT2D eigenvalue weighted by molar-refractivity contribution is 6.36. The molecule has 19 heavy (non-hydrogen) atoms. The van der Waals surface area contributed by atoms with E-state index in [1.165, 1.54) is 32.1 Å². The molecule has 0 atom stereocenters. The molecule has 0 heterocycles. The van der Waals surface area contributed by atoms with Crippen molar-refractivity contribution in [3.05, 3.63) is 28.2 Å². The molecular formula is C15H22Cl2N2. The molecule has 106 valence electrons. The highest BCUT2D eigenvalue weighted by atomic mass is 35.5. The number of nitrogens with zero attached hydrogens (tertiary/aromatic N) is 1. The van der Waals surface area contributed by atoms with Gasteiger partial charge >= 0.3 is 0 Å². The molecular weight excluding hydrogens is 279 g/mol. The minimum absolute atomic E-state index is 0.676. The minimum atomic E-state index is 0.676. The van der Waals surface area contributed by atoms with Crippen LogP contribution in [0.15, 0.2) is 18.2 Å². The number of likely N-dealkylation sites (N-methyl/N-ethyl adjacent to an activating group) is 1. The average molecular weight is 301 g/mol. The van der Waals surface area contributed by atoms with Gasteiger partial charge in [0.2, 0.25) is 0 Å². The zero-order valence-corrected chi connectivity index (χ0v) is 13.0. The number of benzene rings is 1. The van der Waals surface area contributed by atoms with Gasteiger partial charge in [-0.15, -0.1) is 0 Å². The molecule has 1 saturated carbocycles. The smallest absolute Gasteiger partial charge is 0.0652 e. The molecule has 1 aliphatic rings. The first-order valence-corrected chi connectivity index (χ1v) is 7.81. The Morgan fingerprint density at radius 3 is 2.63 bits per heavy atom. The third-order valence-corrected chi connectivity index (χ3v) is 4.46. The lowest BCUT2D eigenvalue weighted by molar-refractivity contribution is 0.198. The maximum Gasteiger partial charge on any atom is 0.0652 e. The van der Waals surface area contributed by atoms with Crippen molar-refractivity contribution in [2.75, 3.05) is 25.5 Å². The zero-order chi connectivity index (χ0) is 13.7. The molecule has 0 amide bonds. The second kappa shape index (κ2) is 7.37. The second-order valence-electron chi connectivity index (χ2n) is 5.32. The van der Waals surface area contributed by atoms with Crippen LogP contribution in [0, 0.1) is 0 Å². The quantitative estimate of drug-likeness (QED) is 0.850. The van der Waals surface area contributed by atoms with Crippen LogP contribution in [-0.4, -0.2) is 31.1 Å². The normalized spacial score (nSPS) is 16.8. The SMILES string of the molecule is CN(CCNc1ccc(Cl)cc1Cl)C1CCCCC1. The molecule has 0 unspecified atom stereocenters. The van der Waals surface area contributed by atoms with E-state index in [0.717, 1.165) is 24.8 Å². The molecule has 1 aromatic carbocycles. The predicted molar refractivity (Wildman–Crippen MR) is 84.5 cm³/mol. The van der Waals surface area contributed by atoms with Crippen LogP contribution in [0.25, 0.3) is 0 Å². The van der Waals surface area contributed by atoms with Crippen LogP contribution in [0.5, 0.6) is 0 Å². The summed E-state index contributed by atoms with van der Waals surface area (Å²) in [7, 11) is 2.22. The molecule has 1 aromatic rings. The van der Waals surface area contributed by atoms with Crippen molar-refractivity contribution in [1.82, 2.24) is 4.90 Å². The number of halogens is 2. The summed E-state index contributed by atoms with van der Waals surface area (Å²) in [6.45, 7) is 1.96. The summed E-state index contributed by atoms with van der Waals surface area (Å²) >= 11 is 12.0. The van der Waals surface area contributed by atoms with E-state index >= 15 is 0 Å². The first-order valence-electron chi connectivity index (χ1n) is 7.06. The molecule has 0 radical (unpaired) electrons. The second-order valence-corrected chi connectivity index (χ2v) is 6.17. The lowest BCUT2D eigenvalue weighted by atomic mass is 9.94. The van der Waals surface area contributed by atoms with Gasteiger partial charge in [0.1, 0.15) is 0 Å². The minimum Gasteiger partial charge on any atom is -0.383 e. The maximum atomic E-state index is 6.13. The number of rotatable bonds is 5. The summed E-state index contributed by atoms with van der Waals surface area (Å²) in [6, 6.07) is 6.33. The summed E-state index contributed by atoms with van der Waals surface area (Å²) in [4.78, 5) is 2.47. The van der Waals surface area contributed by atoms with Gasteiger partial charge in [-0.1, -0.05) is 42.5 Å². The summed E-state index contributed by atoms with van der Waals surface area (Å²) in [5, 5.41) is 4.74. The Hall–Kier alpha value is -0.440. The van der Waals surface area contributed by atoms with Crippen molar-refractivity contribution >= 4 is 28.9 Å². The van der Waals surface area contributed by atoms with Crippen molar-refractivity contribution < 1.29 is 0 Å². The number of hydrogen-bond donors (Lipinski definition) is 1. The van der Waals surface area contributed by atoms with E-state index in [2.05, 4.69) is 17.3 Å². The average Bonchev–Trinajstić information content (AvgIpc) is 2.42. The van der Waals surface area contributed by atoms with Crippen molar-refractivity contribution in [3.8, 4) is 0 Å². The largest absolute Gasteiger partial charge is 0.383 e. The lowest BCUT2D eigenvalue weighted by Crippen LogP contribution is -2.36. The first-order chi connectivity index (χ1) is 9.16. The van der Waals surface area contributed by atoms with Crippen molar-refractivity contribution in [2.45, 2.75) is 38.1 Å². The van der Waals surface area contributed by atoms with Gasteiger partial charge in [-0.05, 0) is 38.1 Å². The van der Waals surface area contributed by atoms with Crippen molar-refractivity contribution in [1.29, 1.82) is 0 Å². The summed E-state index contributed by atoms with van der Waals surface area (Å²) in [5.74, 6) is 0. The van der Waals surface area contributed by atoms with E-state index in [-0.39, 0.29) is 0 Å². The Morgan fingerprint density at radius 2 is 1.95 bits per heavy atom. The van der Waals surface area contributed by atoms with Crippen LogP contribution in [0.2, 0.25) is 10.0 Å². The van der Waals surface area contributed by atoms with Crippen LogP contribution >= 0.6 is 23.2 Å². The van der Waals surface area contributed by atoms with Gasteiger partial charge in [0, 0.05) is 24.2 Å². The van der Waals surface area contributed by atoms with E-state index in [0.29, 0.717) is 10.0 Å². The Bertz CT molecular complexity index is 403. The Morgan fingerprint density at radius 1 is 1.21 bits per heavy atom. The van der Waals surface area contributed by atoms with Crippen molar-refractivity contribution in [2.24, 2.45) is 0 Å². The van der Waals surface area contributed by atoms with E-state index in [1.807, 2.05) is 12.1 Å². The highest BCUT2D eigenvalue weighted by Crippen LogP contribution is 2.25. The van der Waals surface area contributed by atoms with Gasteiger partial charge in [0.15, 0.2) is 0 Å². The molecule has 2 rings (SSSR count). The highest BCUT2D eigenvalue weighted by Gasteiger charge is 2.17. The fourth-order valence-electron chi connectivity index (χ4n) is 2.70. The van der Waals surface area contributed by atoms with Gasteiger partial charge < -0.3 is 10.2 Å². The fourth-order valence-corrected chi connectivity index (χ4v) is 3.18. The lowest BCUT2D eigenvalue weighted by Gasteiger charge is -2.31. The molecule has 0 spiro atoms. The van der Waals surface area contributed by atoms with E-state index in [1.54, 1.807) is 6.07 Å². The van der Waals surface area contributed by atoms with Gasteiger partial charge in [-0.2, -0.15) is 0 Å². The van der Waals surface area contributed by atoms with Crippen LogP contribution < -0.4 is 5.32 Å². The van der Waals surface area contributed by atoms with Crippen LogP contribution in [0.1, 0.15) is 32.1 Å². The standard InChI is InChI=1S/C15H22Cl2N2/c1-19(13-5-3-2-4-6-13)10-9-18-15-8-7-12(16)11-14(15)17/h7-8,11,13,18H,2-6,9-10H2,1H3. The Labute approximate surface area is 126 Å². The molecule has 1 aliphatic carbocycles. The third-order valence-electron chi connectivity index (χ3n) is 3.91. The fraction of sp³-hybridized carbons (Fsp3) is 0.600. The van der Waals surface area contributed by atoms with Gasteiger partial charge in [-0.25, -0.2) is 0 Å². The topological polar surface area (TPSA) is 15.3 Å². The van der Waals surface area contributed by atoms with E-state index in [9.17, 15) is 0 Å². The molecule has 0 aliphatic heterocycles. The van der Waals surface area contributed by atoms with E-state index in [4.69, 9.17) is 23.2 Å². The molecule has 1 N–H and O–H groups in total. The Kier molecular flexibility index (Phi) is 5.80. The number of hydrogen-bond acceptors (Lipinski definition) is 2. The summed E-state index contributed by atoms with van der Waals surface area (Å²) in [5.41, 5.74) is 0.961. The van der Waals surface area contributed by atoms with Crippen LogP contribution in [-0.2, 0) is 0 Å². The molecule has 2 nitrogen and oxygen atoms in total. The van der Waals surface area contributed by atoms with Gasteiger partial charge in [0.25, 0.3) is 0 Å².